The summed E-state index contributed by atoms with van der Waals surface area (Å²) in [5.74, 6) is -5.71. The van der Waals surface area contributed by atoms with Crippen LogP contribution in [0.4, 0.5) is 17.6 Å². The van der Waals surface area contributed by atoms with Crippen molar-refractivity contribution in [2.45, 2.75) is 12.5 Å². The van der Waals surface area contributed by atoms with Gasteiger partial charge in [0.05, 0.1) is 19.1 Å². The van der Waals surface area contributed by atoms with Crippen LogP contribution in [0.5, 0.6) is 0 Å². The number of nitrogens with one attached hydrogen (secondary N) is 1. The topological polar surface area (TPSA) is 49.3 Å². The van der Waals surface area contributed by atoms with Gasteiger partial charge in [0.25, 0.3) is 0 Å². The van der Waals surface area contributed by atoms with Gasteiger partial charge >= 0.3 is 0 Å². The Morgan fingerprint density at radius 2 is 1.65 bits per heavy atom. The van der Waals surface area contributed by atoms with Crippen molar-refractivity contribution in [3.63, 3.8) is 0 Å². The van der Waals surface area contributed by atoms with Gasteiger partial charge in [0.1, 0.15) is 5.82 Å². The highest BCUT2D eigenvalue weighted by atomic mass is 19.2. The van der Waals surface area contributed by atoms with Gasteiger partial charge in [0.15, 0.2) is 17.5 Å². The highest BCUT2D eigenvalue weighted by Crippen LogP contribution is 2.19. The molecule has 1 unspecified atom stereocenters. The molecule has 0 bridgehead atoms. The summed E-state index contributed by atoms with van der Waals surface area (Å²) >= 11 is 0. The Labute approximate surface area is 129 Å². The first-order chi connectivity index (χ1) is 10.9. The zero-order valence-electron chi connectivity index (χ0n) is 11.8. The van der Waals surface area contributed by atoms with E-state index in [9.17, 15) is 27.5 Å². The minimum atomic E-state index is -1.64. The van der Waals surface area contributed by atoms with Gasteiger partial charge in [-0.15, -0.1) is 0 Å². The Kier molecular flexibility index (Phi) is 5.33. The molecule has 0 heterocycles. The van der Waals surface area contributed by atoms with Gasteiger partial charge in [0.2, 0.25) is 5.91 Å². The van der Waals surface area contributed by atoms with Crippen molar-refractivity contribution < 1.29 is 27.5 Å². The first-order valence-corrected chi connectivity index (χ1v) is 6.70. The Hall–Kier alpha value is -2.41. The molecule has 0 fully saturated rings. The molecule has 3 nitrogen and oxygen atoms in total. The fourth-order valence-corrected chi connectivity index (χ4v) is 2.07. The van der Waals surface area contributed by atoms with E-state index >= 15 is 0 Å². The van der Waals surface area contributed by atoms with Gasteiger partial charge in [-0.3, -0.25) is 4.79 Å². The highest BCUT2D eigenvalue weighted by Gasteiger charge is 2.19. The number of hydrogen-bond acceptors (Lipinski definition) is 2. The van der Waals surface area contributed by atoms with E-state index in [1.165, 1.54) is 18.2 Å². The summed E-state index contributed by atoms with van der Waals surface area (Å²) in [6.07, 6.45) is -0.310. The molecule has 0 saturated carbocycles. The largest absolute Gasteiger partial charge is 0.394 e. The van der Waals surface area contributed by atoms with E-state index < -0.39 is 41.8 Å². The van der Waals surface area contributed by atoms with Crippen LogP contribution in [0.1, 0.15) is 17.2 Å². The number of carbonyl (C=O) groups is 1. The van der Waals surface area contributed by atoms with Crippen LogP contribution in [-0.2, 0) is 11.2 Å². The summed E-state index contributed by atoms with van der Waals surface area (Å²) in [6, 6.07) is 5.86. The summed E-state index contributed by atoms with van der Waals surface area (Å²) in [5.41, 5.74) is 0.00365. The van der Waals surface area contributed by atoms with Crippen LogP contribution < -0.4 is 5.32 Å². The molecule has 2 rings (SSSR count). The molecule has 0 aliphatic heterocycles. The van der Waals surface area contributed by atoms with Gasteiger partial charge < -0.3 is 10.4 Å². The van der Waals surface area contributed by atoms with Crippen molar-refractivity contribution in [3.8, 4) is 0 Å². The van der Waals surface area contributed by atoms with Crippen LogP contribution >= 0.6 is 0 Å². The van der Waals surface area contributed by atoms with Crippen molar-refractivity contribution in [1.29, 1.82) is 0 Å². The molecule has 2 aromatic carbocycles. The van der Waals surface area contributed by atoms with Crippen LogP contribution in [0, 0.1) is 23.3 Å². The Balaban J connectivity index is 2.13. The van der Waals surface area contributed by atoms with E-state index in [0.717, 1.165) is 0 Å². The van der Waals surface area contributed by atoms with Crippen molar-refractivity contribution in [3.05, 3.63) is 70.8 Å². The van der Waals surface area contributed by atoms with Crippen molar-refractivity contribution in [2.75, 3.05) is 6.61 Å². The number of aliphatic hydroxyl groups excluding tert-OH is 1. The lowest BCUT2D eigenvalue weighted by molar-refractivity contribution is -0.121. The van der Waals surface area contributed by atoms with Crippen molar-refractivity contribution in [2.24, 2.45) is 0 Å². The zero-order valence-corrected chi connectivity index (χ0v) is 11.8. The van der Waals surface area contributed by atoms with Crippen LogP contribution in [0.15, 0.2) is 36.4 Å². The standard InChI is InChI=1S/C16H13F4NO2/c17-11-4-2-1-3-9(11)7-15(23)21-14(8-22)10-5-12(18)16(20)13(19)6-10/h1-6,14,22H,7-8H2,(H,21,23). The van der Waals surface area contributed by atoms with Gasteiger partial charge in [-0.2, -0.15) is 0 Å². The first kappa shape index (κ1) is 17.0. The monoisotopic (exact) mass is 327 g/mol. The fourth-order valence-electron chi connectivity index (χ4n) is 2.07. The average Bonchev–Trinajstić information content (AvgIpc) is 2.52. The molecule has 2 N–H and O–H groups in total. The molecule has 1 atom stereocenters. The van der Waals surface area contributed by atoms with E-state index in [4.69, 9.17) is 0 Å². The molecule has 2 aromatic rings. The third kappa shape index (κ3) is 4.07. The molecule has 0 radical (unpaired) electrons. The van der Waals surface area contributed by atoms with Crippen molar-refractivity contribution >= 4 is 5.91 Å². The molecule has 122 valence electrons. The molecule has 0 aromatic heterocycles. The molecule has 7 heteroatoms. The van der Waals surface area contributed by atoms with Gasteiger partial charge in [-0.05, 0) is 29.3 Å². The predicted molar refractivity (Wildman–Crippen MR) is 74.4 cm³/mol. The number of rotatable bonds is 5. The minimum Gasteiger partial charge on any atom is -0.394 e. The number of hydrogen-bond donors (Lipinski definition) is 2. The van der Waals surface area contributed by atoms with Crippen LogP contribution in [0.3, 0.4) is 0 Å². The third-order valence-electron chi connectivity index (χ3n) is 3.24. The summed E-state index contributed by atoms with van der Waals surface area (Å²) in [5, 5.41) is 11.6. The summed E-state index contributed by atoms with van der Waals surface area (Å²) in [4.78, 5) is 11.9. The van der Waals surface area contributed by atoms with E-state index in [1.807, 2.05) is 0 Å². The van der Waals surface area contributed by atoms with Gasteiger partial charge in [-0.25, -0.2) is 17.6 Å². The fraction of sp³-hybridized carbons (Fsp3) is 0.188. The maximum Gasteiger partial charge on any atom is 0.225 e. The molecular weight excluding hydrogens is 314 g/mol. The number of halogens is 4. The number of aliphatic hydroxyl groups is 1. The SMILES string of the molecule is O=C(Cc1ccccc1F)NC(CO)c1cc(F)c(F)c(F)c1. The van der Waals surface area contributed by atoms with E-state index in [1.54, 1.807) is 6.07 Å². The smallest absolute Gasteiger partial charge is 0.225 e. The first-order valence-electron chi connectivity index (χ1n) is 6.70. The van der Waals surface area contributed by atoms with Gasteiger partial charge in [-0.1, -0.05) is 18.2 Å². The van der Waals surface area contributed by atoms with Gasteiger partial charge in [0, 0.05) is 0 Å². The van der Waals surface area contributed by atoms with E-state index in [-0.39, 0.29) is 17.5 Å². The maximum absolute atomic E-state index is 13.5. The number of amides is 1. The lowest BCUT2D eigenvalue weighted by atomic mass is 10.1. The molecule has 0 spiro atoms. The number of carbonyl (C=O) groups excluding carboxylic acids is 1. The van der Waals surface area contributed by atoms with Crippen molar-refractivity contribution in [1.82, 2.24) is 5.32 Å². The van der Waals surface area contributed by atoms with E-state index in [2.05, 4.69) is 5.32 Å². The molecule has 0 aliphatic rings. The summed E-state index contributed by atoms with van der Waals surface area (Å²) < 4.78 is 52.8. The molecule has 0 aliphatic carbocycles. The minimum absolute atomic E-state index is 0.134. The second-order valence-corrected chi connectivity index (χ2v) is 4.87. The summed E-state index contributed by atoms with van der Waals surface area (Å²) in [6.45, 7) is -0.659. The Morgan fingerprint density at radius 3 is 2.22 bits per heavy atom. The lowest BCUT2D eigenvalue weighted by Crippen LogP contribution is -2.32. The second kappa shape index (κ2) is 7.23. The predicted octanol–water partition coefficient (Wildman–Crippen LogP) is 2.64. The van der Waals surface area contributed by atoms with Crippen LogP contribution in [0.2, 0.25) is 0 Å². The molecule has 23 heavy (non-hydrogen) atoms. The third-order valence-corrected chi connectivity index (χ3v) is 3.24. The second-order valence-electron chi connectivity index (χ2n) is 4.87. The Bertz CT molecular complexity index is 698. The van der Waals surface area contributed by atoms with Crippen LogP contribution in [-0.4, -0.2) is 17.6 Å². The molecule has 1 amide bonds. The zero-order chi connectivity index (χ0) is 17.0. The Morgan fingerprint density at radius 1 is 1.04 bits per heavy atom. The normalized spacial score (nSPS) is 12.0. The number of benzene rings is 2. The molecular formula is C16H13F4NO2. The van der Waals surface area contributed by atoms with Crippen LogP contribution in [0.25, 0.3) is 0 Å². The highest BCUT2D eigenvalue weighted by molar-refractivity contribution is 5.79. The quantitative estimate of drug-likeness (QED) is 0.655. The summed E-state index contributed by atoms with van der Waals surface area (Å²) in [7, 11) is 0. The molecule has 0 saturated heterocycles. The lowest BCUT2D eigenvalue weighted by Gasteiger charge is -2.17. The van der Waals surface area contributed by atoms with E-state index in [0.29, 0.717) is 12.1 Å². The maximum atomic E-state index is 13.5. The average molecular weight is 327 g/mol.